The molecule has 0 radical (unpaired) electrons. The van der Waals surface area contributed by atoms with Gasteiger partial charge in [-0.25, -0.2) is 4.39 Å². The Morgan fingerprint density at radius 3 is 2.57 bits per heavy atom. The number of amides is 1. The smallest absolute Gasteiger partial charge is 0.322 e. The Morgan fingerprint density at radius 1 is 1.29 bits per heavy atom. The number of benzene rings is 1. The van der Waals surface area contributed by atoms with Crippen LogP contribution in [-0.4, -0.2) is 20.3 Å². The number of pyridine rings is 1. The molecule has 11 heteroatoms. The van der Waals surface area contributed by atoms with Gasteiger partial charge in [-0.15, -0.1) is 0 Å². The monoisotopic (exact) mass is 460 g/mol. The van der Waals surface area contributed by atoms with Crippen LogP contribution >= 0.6 is 15.9 Å². The number of carbonyl (C=O) groups is 1. The van der Waals surface area contributed by atoms with E-state index in [9.17, 15) is 27.2 Å². The molecule has 2 aromatic heterocycles. The van der Waals surface area contributed by atoms with Crippen LogP contribution in [0.25, 0.3) is 11.0 Å². The fraction of sp³-hybridized carbons (Fsp3) is 0.235. The maximum absolute atomic E-state index is 13.9. The zero-order valence-corrected chi connectivity index (χ0v) is 16.2. The highest BCUT2D eigenvalue weighted by Crippen LogP contribution is 2.35. The Kier molecular flexibility index (Phi) is 5.04. The lowest BCUT2D eigenvalue weighted by Gasteiger charge is -2.14. The number of rotatable bonds is 3. The van der Waals surface area contributed by atoms with Gasteiger partial charge in [-0.05, 0) is 25.1 Å². The van der Waals surface area contributed by atoms with Crippen molar-refractivity contribution in [3.8, 4) is 0 Å². The molecule has 148 valence electrons. The number of aryl methyl sites for hydroxylation is 2. The molecule has 0 saturated carbocycles. The van der Waals surface area contributed by atoms with Crippen LogP contribution in [0.15, 0.2) is 33.5 Å². The fourth-order valence-corrected chi connectivity index (χ4v) is 3.28. The predicted molar refractivity (Wildman–Crippen MR) is 97.4 cm³/mol. The van der Waals surface area contributed by atoms with Crippen molar-refractivity contribution in [3.63, 3.8) is 0 Å². The van der Waals surface area contributed by atoms with Crippen molar-refractivity contribution in [2.45, 2.75) is 19.6 Å². The Hall–Kier alpha value is -2.69. The number of alkyl halides is 3. The van der Waals surface area contributed by atoms with Gasteiger partial charge in [0.05, 0.1) is 22.3 Å². The van der Waals surface area contributed by atoms with Gasteiger partial charge in [0.15, 0.2) is 0 Å². The van der Waals surface area contributed by atoms with Gasteiger partial charge in [0.2, 0.25) is 5.91 Å². The van der Waals surface area contributed by atoms with E-state index in [2.05, 4.69) is 26.3 Å². The van der Waals surface area contributed by atoms with Gasteiger partial charge in [-0.2, -0.15) is 18.3 Å². The summed E-state index contributed by atoms with van der Waals surface area (Å²) in [6.45, 7) is 0.769. The van der Waals surface area contributed by atoms with E-state index in [1.165, 1.54) is 26.1 Å². The summed E-state index contributed by atoms with van der Waals surface area (Å²) >= 11 is 3.09. The third-order valence-electron chi connectivity index (χ3n) is 4.06. The van der Waals surface area contributed by atoms with Gasteiger partial charge in [-0.3, -0.25) is 18.8 Å². The summed E-state index contributed by atoms with van der Waals surface area (Å²) in [6.07, 6.45) is -4.76. The minimum absolute atomic E-state index is 0.0675. The van der Waals surface area contributed by atoms with Gasteiger partial charge >= 0.3 is 6.18 Å². The standard InChI is InChI=1S/C17H13BrF4N4O2/c1-8-15-10(17(20,21)22)6-14(28)26(16(15)25(2)24-8)7-13(27)23-12-4-3-9(18)5-11(12)19/h3-6H,7H2,1-2H3,(H,23,27). The Balaban J connectivity index is 2.05. The molecule has 0 unspecified atom stereocenters. The van der Waals surface area contributed by atoms with E-state index in [4.69, 9.17) is 0 Å². The molecule has 0 atom stereocenters. The first-order valence-corrected chi connectivity index (χ1v) is 8.67. The molecule has 3 rings (SSSR count). The summed E-state index contributed by atoms with van der Waals surface area (Å²) in [5.41, 5.74) is -2.34. The van der Waals surface area contributed by atoms with Crippen LogP contribution in [0.1, 0.15) is 11.3 Å². The minimum atomic E-state index is -4.76. The zero-order chi connectivity index (χ0) is 20.8. The van der Waals surface area contributed by atoms with E-state index < -0.39 is 35.6 Å². The summed E-state index contributed by atoms with van der Waals surface area (Å²) in [6, 6.07) is 4.40. The molecule has 0 saturated heterocycles. The van der Waals surface area contributed by atoms with Gasteiger partial charge in [0.1, 0.15) is 18.0 Å². The number of aromatic nitrogens is 3. The van der Waals surface area contributed by atoms with E-state index in [-0.39, 0.29) is 22.4 Å². The molecule has 0 spiro atoms. The van der Waals surface area contributed by atoms with Crippen LogP contribution in [0.5, 0.6) is 0 Å². The van der Waals surface area contributed by atoms with Gasteiger partial charge in [-0.1, -0.05) is 15.9 Å². The Morgan fingerprint density at radius 2 is 1.96 bits per heavy atom. The lowest BCUT2D eigenvalue weighted by atomic mass is 10.1. The highest BCUT2D eigenvalue weighted by Gasteiger charge is 2.36. The lowest BCUT2D eigenvalue weighted by molar-refractivity contribution is -0.136. The fourth-order valence-electron chi connectivity index (χ4n) is 2.95. The van der Waals surface area contributed by atoms with Crippen molar-refractivity contribution >= 4 is 38.6 Å². The number of nitrogens with zero attached hydrogens (tertiary/aromatic N) is 3. The third kappa shape index (κ3) is 3.66. The highest BCUT2D eigenvalue weighted by atomic mass is 79.9. The molecule has 3 aromatic rings. The van der Waals surface area contributed by atoms with Crippen molar-refractivity contribution in [3.05, 3.63) is 56.2 Å². The number of hydrogen-bond donors (Lipinski definition) is 1. The average Bonchev–Trinajstić information content (AvgIpc) is 2.86. The molecule has 6 nitrogen and oxygen atoms in total. The first kappa shape index (κ1) is 20.1. The number of carbonyl (C=O) groups excluding carboxylic acids is 1. The van der Waals surface area contributed by atoms with Crippen LogP contribution < -0.4 is 10.9 Å². The molecule has 1 N–H and O–H groups in total. The minimum Gasteiger partial charge on any atom is -0.322 e. The summed E-state index contributed by atoms with van der Waals surface area (Å²) in [5, 5.41) is 5.98. The maximum atomic E-state index is 13.9. The molecule has 1 amide bonds. The number of hydrogen-bond acceptors (Lipinski definition) is 3. The van der Waals surface area contributed by atoms with E-state index in [0.717, 1.165) is 15.3 Å². The Bertz CT molecular complexity index is 1150. The third-order valence-corrected chi connectivity index (χ3v) is 4.56. The average molecular weight is 461 g/mol. The van der Waals surface area contributed by atoms with E-state index in [1.54, 1.807) is 0 Å². The second-order valence-electron chi connectivity index (χ2n) is 6.06. The van der Waals surface area contributed by atoms with Crippen LogP contribution in [0, 0.1) is 12.7 Å². The van der Waals surface area contributed by atoms with Crippen molar-refractivity contribution in [1.82, 2.24) is 14.3 Å². The molecular weight excluding hydrogens is 448 g/mol. The van der Waals surface area contributed by atoms with Gasteiger partial charge in [0, 0.05) is 17.6 Å². The molecule has 0 aliphatic heterocycles. The van der Waals surface area contributed by atoms with Gasteiger partial charge in [0.25, 0.3) is 5.56 Å². The molecule has 1 aromatic carbocycles. The summed E-state index contributed by atoms with van der Waals surface area (Å²) in [4.78, 5) is 24.6. The van der Waals surface area contributed by atoms with E-state index in [0.29, 0.717) is 10.5 Å². The lowest BCUT2D eigenvalue weighted by Crippen LogP contribution is -2.30. The van der Waals surface area contributed by atoms with Gasteiger partial charge < -0.3 is 5.32 Å². The molecule has 28 heavy (non-hydrogen) atoms. The topological polar surface area (TPSA) is 68.9 Å². The van der Waals surface area contributed by atoms with Crippen LogP contribution in [0.4, 0.5) is 23.2 Å². The largest absolute Gasteiger partial charge is 0.417 e. The summed E-state index contributed by atoms with van der Waals surface area (Å²) < 4.78 is 56.3. The quantitative estimate of drug-likeness (QED) is 0.607. The second-order valence-corrected chi connectivity index (χ2v) is 6.98. The number of anilines is 1. The maximum Gasteiger partial charge on any atom is 0.417 e. The summed E-state index contributed by atoms with van der Waals surface area (Å²) in [7, 11) is 1.37. The second kappa shape index (κ2) is 7.04. The van der Waals surface area contributed by atoms with Crippen LogP contribution in [0.3, 0.4) is 0 Å². The SMILES string of the molecule is Cc1nn(C)c2c1c(C(F)(F)F)cc(=O)n2CC(=O)Nc1ccc(Br)cc1F. The first-order valence-electron chi connectivity index (χ1n) is 7.88. The Labute approximate surface area is 163 Å². The predicted octanol–water partition coefficient (Wildman–Crippen LogP) is 3.60. The summed E-state index contributed by atoms with van der Waals surface area (Å²) in [5.74, 6) is -1.48. The number of halogens is 5. The van der Waals surface area contributed by atoms with Crippen molar-refractivity contribution < 1.29 is 22.4 Å². The van der Waals surface area contributed by atoms with Crippen LogP contribution in [0.2, 0.25) is 0 Å². The number of nitrogens with one attached hydrogen (secondary N) is 1. The highest BCUT2D eigenvalue weighted by molar-refractivity contribution is 9.10. The normalized spacial score (nSPS) is 11.8. The van der Waals surface area contributed by atoms with Crippen molar-refractivity contribution in [2.75, 3.05) is 5.32 Å². The zero-order valence-electron chi connectivity index (χ0n) is 14.6. The molecule has 2 heterocycles. The molecule has 0 aliphatic carbocycles. The first-order chi connectivity index (χ1) is 13.0. The molecule has 0 bridgehead atoms. The number of fused-ring (bicyclic) bond motifs is 1. The molecular formula is C17H13BrF4N4O2. The van der Waals surface area contributed by atoms with Crippen LogP contribution in [-0.2, 0) is 24.6 Å². The van der Waals surface area contributed by atoms with E-state index in [1.807, 2.05) is 0 Å². The molecule has 0 fully saturated rings. The van der Waals surface area contributed by atoms with Crippen molar-refractivity contribution in [1.29, 1.82) is 0 Å². The van der Waals surface area contributed by atoms with Crippen molar-refractivity contribution in [2.24, 2.45) is 7.05 Å². The molecule has 0 aliphatic rings. The van der Waals surface area contributed by atoms with E-state index >= 15 is 0 Å².